The van der Waals surface area contributed by atoms with Gasteiger partial charge < -0.3 is 10.2 Å². The van der Waals surface area contributed by atoms with Crippen LogP contribution < -0.4 is 0 Å². The number of carbonyl (C=O) groups excluding carboxylic acids is 1. The molecule has 0 heterocycles. The molecule has 5 unspecified atom stereocenters. The molecule has 4 nitrogen and oxygen atoms in total. The van der Waals surface area contributed by atoms with Gasteiger partial charge in [0, 0.05) is 11.8 Å². The molecule has 0 aromatic carbocycles. The number of hydrogen-bond donors (Lipinski definition) is 2. The van der Waals surface area contributed by atoms with Crippen LogP contribution in [0, 0.1) is 34.5 Å². The first kappa shape index (κ1) is 16.3. The Morgan fingerprint density at radius 3 is 2.67 bits per heavy atom. The first-order chi connectivity index (χ1) is 11.4. The zero-order valence-corrected chi connectivity index (χ0v) is 14.5. The molecule has 132 valence electrons. The highest BCUT2D eigenvalue weighted by Crippen LogP contribution is 2.66. The van der Waals surface area contributed by atoms with E-state index in [4.69, 9.17) is 0 Å². The van der Waals surface area contributed by atoms with E-state index in [1.54, 1.807) is 0 Å². The van der Waals surface area contributed by atoms with E-state index in [0.717, 1.165) is 44.9 Å². The normalized spacial score (nSPS) is 47.4. The van der Waals surface area contributed by atoms with Crippen LogP contribution in [0.1, 0.15) is 58.3 Å². The van der Waals surface area contributed by atoms with Crippen LogP contribution in [0.3, 0.4) is 0 Å². The monoisotopic (exact) mass is 332 g/mol. The maximum Gasteiger partial charge on any atom is 0.307 e. The Bertz CT molecular complexity index is 609. The lowest BCUT2D eigenvalue weighted by molar-refractivity contribution is -0.150. The van der Waals surface area contributed by atoms with Gasteiger partial charge in [-0.25, -0.2) is 0 Å². The van der Waals surface area contributed by atoms with Gasteiger partial charge >= 0.3 is 5.97 Å². The summed E-state index contributed by atoms with van der Waals surface area (Å²) in [6.07, 6.45) is 8.84. The quantitative estimate of drug-likeness (QED) is 0.814. The Morgan fingerprint density at radius 2 is 1.96 bits per heavy atom. The highest BCUT2D eigenvalue weighted by atomic mass is 16.4. The number of aliphatic carboxylic acids is 1. The Morgan fingerprint density at radius 1 is 1.17 bits per heavy atom. The second-order valence-electron chi connectivity index (χ2n) is 8.88. The van der Waals surface area contributed by atoms with E-state index in [2.05, 4.69) is 6.92 Å². The molecule has 4 rings (SSSR count). The minimum Gasteiger partial charge on any atom is -0.481 e. The lowest BCUT2D eigenvalue weighted by atomic mass is 9.46. The number of fused-ring (bicyclic) bond motifs is 5. The van der Waals surface area contributed by atoms with Gasteiger partial charge in [0.25, 0.3) is 0 Å². The Hall–Kier alpha value is -1.16. The third-order valence-corrected chi connectivity index (χ3v) is 8.27. The first-order valence-corrected chi connectivity index (χ1v) is 9.50. The Labute approximate surface area is 143 Å². The van der Waals surface area contributed by atoms with Crippen LogP contribution >= 0.6 is 0 Å². The van der Waals surface area contributed by atoms with Crippen molar-refractivity contribution in [3.8, 4) is 0 Å². The molecule has 0 aliphatic heterocycles. The number of aliphatic hydroxyl groups excluding tert-OH is 1. The summed E-state index contributed by atoms with van der Waals surface area (Å²) in [7, 11) is 0. The van der Waals surface area contributed by atoms with Crippen LogP contribution in [-0.2, 0) is 9.59 Å². The van der Waals surface area contributed by atoms with Crippen molar-refractivity contribution < 1.29 is 19.8 Å². The Balaban J connectivity index is 1.69. The summed E-state index contributed by atoms with van der Waals surface area (Å²) in [5.74, 6) is 0.750. The Kier molecular flexibility index (Phi) is 3.68. The molecule has 4 heteroatoms. The van der Waals surface area contributed by atoms with Crippen molar-refractivity contribution in [1.29, 1.82) is 0 Å². The van der Waals surface area contributed by atoms with Crippen molar-refractivity contribution in [2.45, 2.75) is 58.3 Å². The van der Waals surface area contributed by atoms with E-state index >= 15 is 0 Å². The molecule has 0 aromatic heterocycles. The third-order valence-electron chi connectivity index (χ3n) is 8.27. The van der Waals surface area contributed by atoms with E-state index in [1.807, 2.05) is 6.08 Å². The van der Waals surface area contributed by atoms with Crippen LogP contribution in [0.25, 0.3) is 0 Å². The number of rotatable bonds is 2. The van der Waals surface area contributed by atoms with Gasteiger partial charge in [0.1, 0.15) is 0 Å². The molecule has 0 amide bonds. The van der Waals surface area contributed by atoms with E-state index < -0.39 is 5.97 Å². The molecule has 3 saturated carbocycles. The van der Waals surface area contributed by atoms with Gasteiger partial charge in [-0.2, -0.15) is 0 Å². The van der Waals surface area contributed by atoms with E-state index in [-0.39, 0.29) is 29.1 Å². The molecule has 3 fully saturated rings. The van der Waals surface area contributed by atoms with E-state index in [1.165, 1.54) is 5.57 Å². The molecule has 24 heavy (non-hydrogen) atoms. The lowest BCUT2D eigenvalue weighted by Crippen LogP contribution is -2.53. The summed E-state index contributed by atoms with van der Waals surface area (Å²) in [5, 5.41) is 19.9. The SMILES string of the molecule is CC12CCC3C(CCC4=CC(=O)CCC43CO)C1CC[C@H]2C(=O)O. The molecular weight excluding hydrogens is 304 g/mol. The molecule has 0 saturated heterocycles. The molecule has 0 radical (unpaired) electrons. The number of carbonyl (C=O) groups is 2. The van der Waals surface area contributed by atoms with Gasteiger partial charge in [0.15, 0.2) is 5.78 Å². The van der Waals surface area contributed by atoms with Crippen molar-refractivity contribution in [1.82, 2.24) is 0 Å². The van der Waals surface area contributed by atoms with Crippen LogP contribution in [0.15, 0.2) is 11.6 Å². The fraction of sp³-hybridized carbons (Fsp3) is 0.800. The van der Waals surface area contributed by atoms with Gasteiger partial charge in [-0.15, -0.1) is 0 Å². The summed E-state index contributed by atoms with van der Waals surface area (Å²) in [6.45, 7) is 2.33. The highest BCUT2D eigenvalue weighted by molar-refractivity contribution is 5.91. The second kappa shape index (κ2) is 5.42. The smallest absolute Gasteiger partial charge is 0.307 e. The minimum absolute atomic E-state index is 0.0879. The molecule has 4 aliphatic rings. The zero-order valence-electron chi connectivity index (χ0n) is 14.5. The first-order valence-electron chi connectivity index (χ1n) is 9.50. The van der Waals surface area contributed by atoms with Crippen molar-refractivity contribution in [3.05, 3.63) is 11.6 Å². The summed E-state index contributed by atoms with van der Waals surface area (Å²) in [6, 6.07) is 0. The molecule has 0 spiro atoms. The molecule has 0 bridgehead atoms. The molecule has 4 aliphatic carbocycles. The van der Waals surface area contributed by atoms with Gasteiger partial charge in [-0.3, -0.25) is 9.59 Å². The summed E-state index contributed by atoms with van der Waals surface area (Å²) < 4.78 is 0. The molecule has 2 N–H and O–H groups in total. The topological polar surface area (TPSA) is 74.6 Å². The average molecular weight is 332 g/mol. The maximum atomic E-state index is 11.9. The molecular formula is C20H28O4. The van der Waals surface area contributed by atoms with Gasteiger partial charge in [-0.1, -0.05) is 12.5 Å². The lowest BCUT2D eigenvalue weighted by Gasteiger charge is -2.58. The number of aliphatic hydroxyl groups is 1. The summed E-state index contributed by atoms with van der Waals surface area (Å²) >= 11 is 0. The predicted molar refractivity (Wildman–Crippen MR) is 89.2 cm³/mol. The zero-order chi connectivity index (χ0) is 17.1. The van der Waals surface area contributed by atoms with E-state index in [0.29, 0.717) is 24.2 Å². The van der Waals surface area contributed by atoms with Gasteiger partial charge in [-0.05, 0) is 74.2 Å². The fourth-order valence-electron chi connectivity index (χ4n) is 7.06. The number of ketones is 1. The summed E-state index contributed by atoms with van der Waals surface area (Å²) in [4.78, 5) is 23.6. The van der Waals surface area contributed by atoms with Gasteiger partial charge in [0.2, 0.25) is 0 Å². The second-order valence-corrected chi connectivity index (χ2v) is 8.88. The van der Waals surface area contributed by atoms with Crippen LogP contribution in [0.2, 0.25) is 0 Å². The van der Waals surface area contributed by atoms with Crippen molar-refractivity contribution in [2.24, 2.45) is 34.5 Å². The predicted octanol–water partition coefficient (Wildman–Crippen LogP) is 3.19. The standard InChI is InChI=1S/C20H28O4/c1-19-8-7-16-14(15(19)4-5-17(19)18(23)24)3-2-12-10-13(22)6-9-20(12,16)11-21/h10,14-17,21H,2-9,11H2,1H3,(H,23,24)/t14?,15?,16?,17-,19?,20?/m0/s1. The van der Waals surface area contributed by atoms with Crippen LogP contribution in [0.5, 0.6) is 0 Å². The minimum atomic E-state index is -0.630. The largest absolute Gasteiger partial charge is 0.481 e. The molecule has 0 aromatic rings. The van der Waals surface area contributed by atoms with Crippen LogP contribution in [-0.4, -0.2) is 28.6 Å². The van der Waals surface area contributed by atoms with Crippen molar-refractivity contribution in [3.63, 3.8) is 0 Å². The fourth-order valence-corrected chi connectivity index (χ4v) is 7.06. The van der Waals surface area contributed by atoms with Crippen LogP contribution in [0.4, 0.5) is 0 Å². The van der Waals surface area contributed by atoms with Crippen molar-refractivity contribution in [2.75, 3.05) is 6.61 Å². The number of carboxylic acid groups (broad SMARTS) is 1. The maximum absolute atomic E-state index is 11.9. The number of carboxylic acids is 1. The highest BCUT2D eigenvalue weighted by Gasteiger charge is 2.61. The van der Waals surface area contributed by atoms with Gasteiger partial charge in [0.05, 0.1) is 12.5 Å². The number of hydrogen-bond acceptors (Lipinski definition) is 3. The van der Waals surface area contributed by atoms with E-state index in [9.17, 15) is 19.8 Å². The molecule has 6 atom stereocenters. The van der Waals surface area contributed by atoms with Crippen molar-refractivity contribution >= 4 is 11.8 Å². The summed E-state index contributed by atoms with van der Waals surface area (Å²) in [5.41, 5.74) is 0.883. The average Bonchev–Trinajstić information content (AvgIpc) is 2.91. The third kappa shape index (κ3) is 2.01.